The normalized spacial score (nSPS) is 12.9. The van der Waals surface area contributed by atoms with Gasteiger partial charge in [-0.2, -0.15) is 0 Å². The third-order valence-electron chi connectivity index (χ3n) is 3.26. The van der Waals surface area contributed by atoms with E-state index in [4.69, 9.17) is 11.6 Å². The van der Waals surface area contributed by atoms with Crippen LogP contribution in [0.5, 0.6) is 0 Å². The lowest BCUT2D eigenvalue weighted by Crippen LogP contribution is -2.24. The van der Waals surface area contributed by atoms with Crippen molar-refractivity contribution in [2.75, 3.05) is 0 Å². The van der Waals surface area contributed by atoms with Gasteiger partial charge in [-0.25, -0.2) is 0 Å². The maximum atomic E-state index is 6.21. The third kappa shape index (κ3) is 2.82. The molecule has 1 aromatic heterocycles. The highest BCUT2D eigenvalue weighted by Gasteiger charge is 2.07. The number of benzene rings is 1. The van der Waals surface area contributed by atoms with Crippen LogP contribution in [0.2, 0.25) is 5.02 Å². The first-order valence-electron chi connectivity index (χ1n) is 6.40. The summed E-state index contributed by atoms with van der Waals surface area (Å²) in [7, 11) is 0. The molecule has 2 aromatic rings. The van der Waals surface area contributed by atoms with Crippen LogP contribution < -0.4 is 5.32 Å². The van der Waals surface area contributed by atoms with Crippen LogP contribution in [0.3, 0.4) is 0 Å². The lowest BCUT2D eigenvalue weighted by atomic mass is 10.1. The first-order chi connectivity index (χ1) is 8.61. The highest BCUT2D eigenvalue weighted by atomic mass is 35.5. The first kappa shape index (κ1) is 13.3. The average molecular weight is 263 g/mol. The number of rotatable bonds is 4. The molecule has 0 aliphatic carbocycles. The summed E-state index contributed by atoms with van der Waals surface area (Å²) in [5.41, 5.74) is 3.18. The summed E-state index contributed by atoms with van der Waals surface area (Å²) in [6.45, 7) is 7.25. The molecule has 96 valence electrons. The third-order valence-corrected chi connectivity index (χ3v) is 3.56. The number of aryl methyl sites for hydroxylation is 1. The van der Waals surface area contributed by atoms with Crippen LogP contribution in [-0.4, -0.2) is 11.0 Å². The second-order valence-corrected chi connectivity index (χ2v) is 5.16. The van der Waals surface area contributed by atoms with Gasteiger partial charge < -0.3 is 5.32 Å². The predicted molar refractivity (Wildman–Crippen MR) is 78.1 cm³/mol. The molecule has 0 aliphatic heterocycles. The Labute approximate surface area is 113 Å². The molecule has 0 amide bonds. The second-order valence-electron chi connectivity index (χ2n) is 4.75. The molecule has 1 unspecified atom stereocenters. The number of nitrogens with one attached hydrogen (secondary N) is 1. The highest BCUT2D eigenvalue weighted by molar-refractivity contribution is 6.35. The molecule has 0 saturated carbocycles. The second kappa shape index (κ2) is 5.68. The van der Waals surface area contributed by atoms with Crippen LogP contribution in [0.4, 0.5) is 0 Å². The predicted octanol–water partition coefficient (Wildman–Crippen LogP) is 4.08. The summed E-state index contributed by atoms with van der Waals surface area (Å²) in [4.78, 5) is 4.52. The van der Waals surface area contributed by atoms with Gasteiger partial charge in [0.2, 0.25) is 0 Å². The van der Waals surface area contributed by atoms with E-state index < -0.39 is 0 Å². The van der Waals surface area contributed by atoms with Crippen molar-refractivity contribution in [3.63, 3.8) is 0 Å². The smallest absolute Gasteiger partial charge is 0.0894 e. The van der Waals surface area contributed by atoms with Crippen molar-refractivity contribution >= 4 is 22.5 Å². The largest absolute Gasteiger partial charge is 0.310 e. The summed E-state index contributed by atoms with van der Waals surface area (Å²) in [6, 6.07) is 8.61. The SMILES string of the molecule is CCC(C)NCc1cc(C)nc2c(Cl)cccc12. The van der Waals surface area contributed by atoms with Gasteiger partial charge in [0, 0.05) is 23.7 Å². The number of hydrogen-bond donors (Lipinski definition) is 1. The van der Waals surface area contributed by atoms with Gasteiger partial charge in [-0.3, -0.25) is 4.98 Å². The Morgan fingerprint density at radius 1 is 1.39 bits per heavy atom. The summed E-state index contributed by atoms with van der Waals surface area (Å²) in [6.07, 6.45) is 1.13. The summed E-state index contributed by atoms with van der Waals surface area (Å²) >= 11 is 6.21. The minimum absolute atomic E-state index is 0.521. The van der Waals surface area contributed by atoms with Crippen molar-refractivity contribution in [3.8, 4) is 0 Å². The number of pyridine rings is 1. The van der Waals surface area contributed by atoms with E-state index in [-0.39, 0.29) is 0 Å². The Kier molecular flexibility index (Phi) is 4.20. The molecule has 18 heavy (non-hydrogen) atoms. The van der Waals surface area contributed by atoms with E-state index in [0.717, 1.165) is 34.6 Å². The van der Waals surface area contributed by atoms with E-state index in [0.29, 0.717) is 6.04 Å². The fourth-order valence-corrected chi connectivity index (χ4v) is 2.22. The van der Waals surface area contributed by atoms with E-state index in [1.165, 1.54) is 5.56 Å². The van der Waals surface area contributed by atoms with Gasteiger partial charge in [-0.15, -0.1) is 0 Å². The molecule has 0 aliphatic rings. The van der Waals surface area contributed by atoms with Crippen LogP contribution in [0, 0.1) is 6.92 Å². The molecule has 0 saturated heterocycles. The maximum Gasteiger partial charge on any atom is 0.0894 e. The van der Waals surface area contributed by atoms with Gasteiger partial charge in [0.05, 0.1) is 10.5 Å². The van der Waals surface area contributed by atoms with E-state index >= 15 is 0 Å². The summed E-state index contributed by atoms with van der Waals surface area (Å²) in [5, 5.41) is 5.38. The van der Waals surface area contributed by atoms with Crippen LogP contribution >= 0.6 is 11.6 Å². The van der Waals surface area contributed by atoms with E-state index in [1.54, 1.807) is 0 Å². The Hall–Kier alpha value is -1.12. The molecule has 1 aromatic carbocycles. The fraction of sp³-hybridized carbons (Fsp3) is 0.400. The van der Waals surface area contributed by atoms with Crippen LogP contribution in [0.25, 0.3) is 10.9 Å². The van der Waals surface area contributed by atoms with Gasteiger partial charge in [0.15, 0.2) is 0 Å². The minimum Gasteiger partial charge on any atom is -0.310 e. The Bertz CT molecular complexity index is 551. The molecule has 2 nitrogen and oxygen atoms in total. The molecule has 2 rings (SSSR count). The zero-order valence-electron chi connectivity index (χ0n) is 11.1. The van der Waals surface area contributed by atoms with E-state index in [9.17, 15) is 0 Å². The van der Waals surface area contributed by atoms with Crippen molar-refractivity contribution < 1.29 is 0 Å². The molecule has 0 spiro atoms. The lowest BCUT2D eigenvalue weighted by molar-refractivity contribution is 0.535. The van der Waals surface area contributed by atoms with Gasteiger partial charge >= 0.3 is 0 Å². The van der Waals surface area contributed by atoms with Crippen LogP contribution in [-0.2, 0) is 6.54 Å². The molecular formula is C15H19ClN2. The topological polar surface area (TPSA) is 24.9 Å². The van der Waals surface area contributed by atoms with Gasteiger partial charge in [-0.1, -0.05) is 30.7 Å². The van der Waals surface area contributed by atoms with Crippen LogP contribution in [0.15, 0.2) is 24.3 Å². The van der Waals surface area contributed by atoms with Crippen molar-refractivity contribution in [1.29, 1.82) is 0 Å². The number of nitrogens with zero attached hydrogens (tertiary/aromatic N) is 1. The standard InChI is InChI=1S/C15H19ClN2/c1-4-10(2)17-9-12-8-11(3)18-15-13(12)6-5-7-14(15)16/h5-8,10,17H,4,9H2,1-3H3. The van der Waals surface area contributed by atoms with Crippen molar-refractivity contribution in [2.45, 2.75) is 39.8 Å². The quantitative estimate of drug-likeness (QED) is 0.898. The number of halogens is 1. The maximum absolute atomic E-state index is 6.21. The molecular weight excluding hydrogens is 244 g/mol. The summed E-state index contributed by atoms with van der Waals surface area (Å²) < 4.78 is 0. The molecule has 1 N–H and O–H groups in total. The fourth-order valence-electron chi connectivity index (χ4n) is 2.00. The van der Waals surface area contributed by atoms with Crippen molar-refractivity contribution in [1.82, 2.24) is 10.3 Å². The number of aromatic nitrogens is 1. The minimum atomic E-state index is 0.521. The number of hydrogen-bond acceptors (Lipinski definition) is 2. The highest BCUT2D eigenvalue weighted by Crippen LogP contribution is 2.25. The van der Waals surface area contributed by atoms with Gasteiger partial charge in [0.1, 0.15) is 0 Å². The van der Waals surface area contributed by atoms with Crippen LogP contribution in [0.1, 0.15) is 31.5 Å². The van der Waals surface area contributed by atoms with Gasteiger partial charge in [-0.05, 0) is 38.0 Å². The average Bonchev–Trinajstić information content (AvgIpc) is 2.36. The van der Waals surface area contributed by atoms with E-state index in [1.807, 2.05) is 19.1 Å². The zero-order valence-corrected chi connectivity index (χ0v) is 11.9. The Morgan fingerprint density at radius 2 is 2.17 bits per heavy atom. The molecule has 1 heterocycles. The Morgan fingerprint density at radius 3 is 2.89 bits per heavy atom. The number of para-hydroxylation sites is 1. The molecule has 1 atom stereocenters. The molecule has 0 fully saturated rings. The first-order valence-corrected chi connectivity index (χ1v) is 6.77. The molecule has 0 radical (unpaired) electrons. The number of fused-ring (bicyclic) bond motifs is 1. The molecule has 0 bridgehead atoms. The molecule has 3 heteroatoms. The monoisotopic (exact) mass is 262 g/mol. The van der Waals surface area contributed by atoms with Crippen molar-refractivity contribution in [3.05, 3.63) is 40.5 Å². The summed E-state index contributed by atoms with van der Waals surface area (Å²) in [5.74, 6) is 0. The van der Waals surface area contributed by atoms with Crippen molar-refractivity contribution in [2.24, 2.45) is 0 Å². The van der Waals surface area contributed by atoms with E-state index in [2.05, 4.69) is 36.3 Å². The van der Waals surface area contributed by atoms with Gasteiger partial charge in [0.25, 0.3) is 0 Å². The lowest BCUT2D eigenvalue weighted by Gasteiger charge is -2.13. The Balaban J connectivity index is 2.40. The zero-order chi connectivity index (χ0) is 13.1.